The quantitative estimate of drug-likeness (QED) is 0.818. The number of hydrogen-bond acceptors (Lipinski definition) is 3. The van der Waals surface area contributed by atoms with Gasteiger partial charge in [0.15, 0.2) is 0 Å². The molecule has 1 saturated heterocycles. The summed E-state index contributed by atoms with van der Waals surface area (Å²) in [7, 11) is -4.07. The molecule has 7 heteroatoms. The van der Waals surface area contributed by atoms with Crippen LogP contribution in [0.15, 0.2) is 23.1 Å². The molecule has 0 radical (unpaired) electrons. The van der Waals surface area contributed by atoms with E-state index in [-0.39, 0.29) is 31.7 Å². The summed E-state index contributed by atoms with van der Waals surface area (Å²) in [6.45, 7) is 0.0221. The van der Waals surface area contributed by atoms with Gasteiger partial charge in [-0.2, -0.15) is 4.31 Å². The predicted octanol–water partition coefficient (Wildman–Crippen LogP) is 1.32. The standard InChI is InChI=1S/C11H11F2NO3S/c12-8-1-2-10(13)11(7-8)18(16,17)14-5-3-9(15)4-6-14/h1-2,7H,3-6H2. The first-order chi connectivity index (χ1) is 8.41. The van der Waals surface area contributed by atoms with Gasteiger partial charge in [-0.1, -0.05) is 0 Å². The van der Waals surface area contributed by atoms with E-state index in [4.69, 9.17) is 0 Å². The number of hydrogen-bond donors (Lipinski definition) is 0. The molecular formula is C11H11F2NO3S. The van der Waals surface area contributed by atoms with Gasteiger partial charge in [0.1, 0.15) is 22.3 Å². The SMILES string of the molecule is O=C1CCN(S(=O)(=O)c2cc(F)ccc2F)CC1. The first-order valence-electron chi connectivity index (χ1n) is 5.38. The molecule has 1 aromatic rings. The third-order valence-electron chi connectivity index (χ3n) is 2.79. The average Bonchev–Trinajstić information content (AvgIpc) is 2.32. The molecular weight excluding hydrogens is 264 g/mol. The number of halogens is 2. The van der Waals surface area contributed by atoms with Gasteiger partial charge in [0, 0.05) is 25.9 Å². The first kappa shape index (κ1) is 13.1. The number of ketones is 1. The molecule has 1 aromatic carbocycles. The van der Waals surface area contributed by atoms with E-state index in [0.717, 1.165) is 16.4 Å². The summed E-state index contributed by atoms with van der Waals surface area (Å²) in [6, 6.07) is 2.28. The van der Waals surface area contributed by atoms with Crippen molar-refractivity contribution in [2.45, 2.75) is 17.7 Å². The van der Waals surface area contributed by atoms with Crippen LogP contribution < -0.4 is 0 Å². The van der Waals surface area contributed by atoms with Crippen LogP contribution >= 0.6 is 0 Å². The highest BCUT2D eigenvalue weighted by Gasteiger charge is 2.30. The van der Waals surface area contributed by atoms with Gasteiger partial charge < -0.3 is 0 Å². The largest absolute Gasteiger partial charge is 0.300 e. The molecule has 0 atom stereocenters. The minimum Gasteiger partial charge on any atom is -0.300 e. The second-order valence-corrected chi connectivity index (χ2v) is 5.92. The fraction of sp³-hybridized carbons (Fsp3) is 0.364. The molecule has 0 bridgehead atoms. The third kappa shape index (κ3) is 2.41. The molecule has 0 aliphatic carbocycles. The topological polar surface area (TPSA) is 54.5 Å². The molecule has 98 valence electrons. The van der Waals surface area contributed by atoms with E-state index in [1.165, 1.54) is 0 Å². The van der Waals surface area contributed by atoms with Crippen molar-refractivity contribution in [1.29, 1.82) is 0 Å². The van der Waals surface area contributed by atoms with E-state index in [0.29, 0.717) is 6.07 Å². The van der Waals surface area contributed by atoms with Gasteiger partial charge in [0.25, 0.3) is 0 Å². The molecule has 0 aromatic heterocycles. The zero-order valence-corrected chi connectivity index (χ0v) is 10.2. The van der Waals surface area contributed by atoms with E-state index in [2.05, 4.69) is 0 Å². The fourth-order valence-corrected chi connectivity index (χ4v) is 3.31. The predicted molar refractivity (Wildman–Crippen MR) is 59.4 cm³/mol. The van der Waals surface area contributed by atoms with Crippen LogP contribution in [0.3, 0.4) is 0 Å². The van der Waals surface area contributed by atoms with Gasteiger partial charge in [-0.15, -0.1) is 0 Å². The number of rotatable bonds is 2. The zero-order valence-electron chi connectivity index (χ0n) is 9.40. The second kappa shape index (κ2) is 4.74. The number of nitrogens with zero attached hydrogens (tertiary/aromatic N) is 1. The van der Waals surface area contributed by atoms with Crippen LogP contribution in [-0.4, -0.2) is 31.6 Å². The molecule has 18 heavy (non-hydrogen) atoms. The fourth-order valence-electron chi connectivity index (χ4n) is 1.79. The third-order valence-corrected chi connectivity index (χ3v) is 4.70. The van der Waals surface area contributed by atoms with Crippen molar-refractivity contribution >= 4 is 15.8 Å². The Balaban J connectivity index is 2.36. The van der Waals surface area contributed by atoms with Gasteiger partial charge in [0.2, 0.25) is 10.0 Å². The van der Waals surface area contributed by atoms with Crippen LogP contribution in [0.1, 0.15) is 12.8 Å². The lowest BCUT2D eigenvalue weighted by Crippen LogP contribution is -2.38. The number of piperidine rings is 1. The lowest BCUT2D eigenvalue weighted by molar-refractivity contribution is -0.120. The van der Waals surface area contributed by atoms with Gasteiger partial charge in [-0.3, -0.25) is 4.79 Å². The Bertz CT molecular complexity index is 576. The van der Waals surface area contributed by atoms with Crippen molar-refractivity contribution in [3.8, 4) is 0 Å². The molecule has 0 unspecified atom stereocenters. The van der Waals surface area contributed by atoms with Gasteiger partial charge >= 0.3 is 0 Å². The van der Waals surface area contributed by atoms with E-state index < -0.39 is 26.6 Å². The molecule has 0 spiro atoms. The Labute approximate surface area is 103 Å². The highest BCUT2D eigenvalue weighted by Crippen LogP contribution is 2.22. The summed E-state index contributed by atoms with van der Waals surface area (Å²) >= 11 is 0. The van der Waals surface area contributed by atoms with Gasteiger partial charge in [-0.25, -0.2) is 17.2 Å². The Morgan fingerprint density at radius 1 is 1.11 bits per heavy atom. The maximum atomic E-state index is 13.5. The van der Waals surface area contributed by atoms with Crippen LogP contribution in [0.4, 0.5) is 8.78 Å². The molecule has 4 nitrogen and oxygen atoms in total. The van der Waals surface area contributed by atoms with Crippen LogP contribution in [-0.2, 0) is 14.8 Å². The monoisotopic (exact) mass is 275 g/mol. The summed E-state index contributed by atoms with van der Waals surface area (Å²) in [4.78, 5) is 10.4. The van der Waals surface area contributed by atoms with E-state index in [1.807, 2.05) is 0 Å². The lowest BCUT2D eigenvalue weighted by atomic mass is 10.1. The minimum atomic E-state index is -4.07. The highest BCUT2D eigenvalue weighted by molar-refractivity contribution is 7.89. The van der Waals surface area contributed by atoms with Crippen molar-refractivity contribution in [1.82, 2.24) is 4.31 Å². The Hall–Kier alpha value is -1.34. The summed E-state index contributed by atoms with van der Waals surface area (Å²) in [5.74, 6) is -1.84. The molecule has 1 fully saturated rings. The van der Waals surface area contributed by atoms with Crippen molar-refractivity contribution in [2.24, 2.45) is 0 Å². The highest BCUT2D eigenvalue weighted by atomic mass is 32.2. The van der Waals surface area contributed by atoms with E-state index >= 15 is 0 Å². The Morgan fingerprint density at radius 3 is 2.33 bits per heavy atom. The molecule has 2 rings (SSSR count). The van der Waals surface area contributed by atoms with Crippen molar-refractivity contribution < 1.29 is 22.0 Å². The maximum Gasteiger partial charge on any atom is 0.246 e. The van der Waals surface area contributed by atoms with Crippen LogP contribution in [0.2, 0.25) is 0 Å². The number of Topliss-reactive ketones (excluding diaryl/α,β-unsaturated/α-hetero) is 1. The van der Waals surface area contributed by atoms with Crippen LogP contribution in [0, 0.1) is 11.6 Å². The van der Waals surface area contributed by atoms with Crippen LogP contribution in [0.5, 0.6) is 0 Å². The molecule has 1 heterocycles. The first-order valence-corrected chi connectivity index (χ1v) is 6.82. The molecule has 0 saturated carbocycles. The zero-order chi connectivity index (χ0) is 13.3. The molecule has 1 aliphatic rings. The lowest BCUT2D eigenvalue weighted by Gasteiger charge is -2.25. The summed E-state index contributed by atoms with van der Waals surface area (Å²) in [5.41, 5.74) is 0. The Morgan fingerprint density at radius 2 is 1.72 bits per heavy atom. The van der Waals surface area contributed by atoms with Crippen LogP contribution in [0.25, 0.3) is 0 Å². The van der Waals surface area contributed by atoms with Gasteiger partial charge in [-0.05, 0) is 18.2 Å². The number of sulfonamides is 1. The number of benzene rings is 1. The Kier molecular flexibility index (Phi) is 3.45. The molecule has 0 N–H and O–H groups in total. The van der Waals surface area contributed by atoms with Gasteiger partial charge in [0.05, 0.1) is 0 Å². The second-order valence-electron chi connectivity index (χ2n) is 4.02. The van der Waals surface area contributed by atoms with Crippen molar-refractivity contribution in [3.05, 3.63) is 29.8 Å². The normalized spacial score (nSPS) is 18.0. The summed E-state index contributed by atoms with van der Waals surface area (Å²) in [5, 5.41) is 0. The summed E-state index contributed by atoms with van der Waals surface area (Å²) < 4.78 is 51.6. The molecule has 1 aliphatic heterocycles. The van der Waals surface area contributed by atoms with Crippen molar-refractivity contribution in [2.75, 3.05) is 13.1 Å². The van der Waals surface area contributed by atoms with E-state index in [9.17, 15) is 22.0 Å². The number of carbonyl (C=O) groups is 1. The number of carbonyl (C=O) groups excluding carboxylic acids is 1. The smallest absolute Gasteiger partial charge is 0.246 e. The van der Waals surface area contributed by atoms with E-state index in [1.54, 1.807) is 0 Å². The average molecular weight is 275 g/mol. The van der Waals surface area contributed by atoms with Crippen molar-refractivity contribution in [3.63, 3.8) is 0 Å². The maximum absolute atomic E-state index is 13.5. The summed E-state index contributed by atoms with van der Waals surface area (Å²) in [6.07, 6.45) is 0.215. The minimum absolute atomic E-state index is 0.0110. The molecule has 0 amide bonds.